The summed E-state index contributed by atoms with van der Waals surface area (Å²) in [5.74, 6) is -5.55. The molecule has 1 aromatic carbocycles. The second kappa shape index (κ2) is 15.3. The van der Waals surface area contributed by atoms with Gasteiger partial charge in [0.25, 0.3) is 0 Å². The van der Waals surface area contributed by atoms with Crippen molar-refractivity contribution < 1.29 is 39.0 Å². The molecule has 0 heterocycles. The van der Waals surface area contributed by atoms with E-state index in [-0.39, 0.29) is 18.8 Å². The maximum Gasteiger partial charge on any atom is 0.326 e. The Labute approximate surface area is 220 Å². The van der Waals surface area contributed by atoms with Gasteiger partial charge in [-0.05, 0) is 24.8 Å². The number of carbonyl (C=O) groups is 6. The third-order valence-electron chi connectivity index (χ3n) is 5.40. The Balaban J connectivity index is 3.08. The van der Waals surface area contributed by atoms with Gasteiger partial charge >= 0.3 is 5.97 Å². The van der Waals surface area contributed by atoms with Gasteiger partial charge in [-0.1, -0.05) is 44.2 Å². The summed E-state index contributed by atoms with van der Waals surface area (Å²) in [5.41, 5.74) is 5.89. The normalized spacial score (nSPS) is 14.8. The van der Waals surface area contributed by atoms with E-state index in [1.165, 1.54) is 6.92 Å². The molecule has 13 heteroatoms. The van der Waals surface area contributed by atoms with E-state index in [0.29, 0.717) is 5.56 Å². The van der Waals surface area contributed by atoms with Gasteiger partial charge in [0.2, 0.25) is 29.5 Å². The van der Waals surface area contributed by atoms with E-state index < -0.39 is 72.2 Å². The molecule has 1 aromatic rings. The van der Waals surface area contributed by atoms with Gasteiger partial charge in [-0.25, -0.2) is 4.79 Å². The quantitative estimate of drug-likeness (QED) is 0.141. The van der Waals surface area contributed by atoms with Crippen molar-refractivity contribution in [1.29, 1.82) is 0 Å². The van der Waals surface area contributed by atoms with Gasteiger partial charge in [0, 0.05) is 13.3 Å². The van der Waals surface area contributed by atoms with Crippen LogP contribution in [0, 0.1) is 5.92 Å². The standard InChI is InChI=1S/C25H37N5O8/c1-13(2)10-17(29-24(36)21(14(3)31)27-15(4)32)22(34)28-18(12-20(26)33)23(35)30-19(25(37)38)11-16-8-6-5-7-9-16/h5-9,13-14,17-19,21,31H,10-12H2,1-4H3,(H2,26,33)(H,27,32)(H,28,34)(H,29,36)(H,30,35)(H,37,38)/t14-,17+,18+,19+,21+/m1/s1. The third-order valence-corrected chi connectivity index (χ3v) is 5.40. The lowest BCUT2D eigenvalue weighted by Gasteiger charge is -2.27. The highest BCUT2D eigenvalue weighted by Crippen LogP contribution is 2.09. The Hall–Kier alpha value is -4.00. The Morgan fingerprint density at radius 2 is 1.34 bits per heavy atom. The van der Waals surface area contributed by atoms with E-state index in [1.807, 2.05) is 0 Å². The molecule has 0 fully saturated rings. The summed E-state index contributed by atoms with van der Waals surface area (Å²) < 4.78 is 0. The van der Waals surface area contributed by atoms with Gasteiger partial charge in [-0.15, -0.1) is 0 Å². The Bertz CT molecular complexity index is 999. The Kier molecular flexibility index (Phi) is 12.9. The number of carbonyl (C=O) groups excluding carboxylic acids is 5. The molecular formula is C25H37N5O8. The van der Waals surface area contributed by atoms with E-state index in [1.54, 1.807) is 44.2 Å². The molecule has 0 unspecified atom stereocenters. The smallest absolute Gasteiger partial charge is 0.326 e. The van der Waals surface area contributed by atoms with Gasteiger partial charge in [0.1, 0.15) is 24.2 Å². The highest BCUT2D eigenvalue weighted by atomic mass is 16.4. The van der Waals surface area contributed by atoms with Crippen LogP contribution in [0.1, 0.15) is 46.1 Å². The minimum Gasteiger partial charge on any atom is -0.480 e. The molecule has 5 amide bonds. The first-order chi connectivity index (χ1) is 17.7. The molecule has 0 aromatic heterocycles. The summed E-state index contributed by atoms with van der Waals surface area (Å²) in [6.45, 7) is 6.01. The minimum atomic E-state index is -1.52. The average molecular weight is 536 g/mol. The van der Waals surface area contributed by atoms with Crippen LogP contribution in [-0.2, 0) is 35.2 Å². The minimum absolute atomic E-state index is 0.0466. The lowest BCUT2D eigenvalue weighted by molar-refractivity contribution is -0.142. The highest BCUT2D eigenvalue weighted by Gasteiger charge is 2.33. The van der Waals surface area contributed by atoms with E-state index in [2.05, 4.69) is 21.3 Å². The monoisotopic (exact) mass is 535 g/mol. The number of carboxylic acids is 1. The number of aliphatic hydroxyl groups excluding tert-OH is 1. The first kappa shape index (κ1) is 32.0. The van der Waals surface area contributed by atoms with Crippen molar-refractivity contribution in [3.05, 3.63) is 35.9 Å². The fourth-order valence-corrected chi connectivity index (χ4v) is 3.59. The van der Waals surface area contributed by atoms with Crippen LogP contribution in [0.5, 0.6) is 0 Å². The van der Waals surface area contributed by atoms with Crippen molar-refractivity contribution >= 4 is 35.5 Å². The van der Waals surface area contributed by atoms with Crippen LogP contribution in [0.15, 0.2) is 30.3 Å². The van der Waals surface area contributed by atoms with E-state index in [0.717, 1.165) is 6.92 Å². The molecule has 5 atom stereocenters. The largest absolute Gasteiger partial charge is 0.480 e. The van der Waals surface area contributed by atoms with Crippen LogP contribution in [0.25, 0.3) is 0 Å². The predicted octanol–water partition coefficient (Wildman–Crippen LogP) is -1.42. The molecule has 0 aliphatic carbocycles. The summed E-state index contributed by atoms with van der Waals surface area (Å²) in [6, 6.07) is 3.13. The number of nitrogens with one attached hydrogen (secondary N) is 4. The van der Waals surface area contributed by atoms with Crippen molar-refractivity contribution in [2.75, 3.05) is 0 Å². The maximum atomic E-state index is 13.1. The van der Waals surface area contributed by atoms with E-state index in [9.17, 15) is 39.0 Å². The summed E-state index contributed by atoms with van der Waals surface area (Å²) in [5, 5.41) is 28.9. The number of nitrogens with two attached hydrogens (primary N) is 1. The first-order valence-electron chi connectivity index (χ1n) is 12.1. The second-order valence-electron chi connectivity index (χ2n) is 9.43. The van der Waals surface area contributed by atoms with Gasteiger partial charge < -0.3 is 37.2 Å². The second-order valence-corrected chi connectivity index (χ2v) is 9.43. The van der Waals surface area contributed by atoms with Crippen molar-refractivity contribution in [3.8, 4) is 0 Å². The van der Waals surface area contributed by atoms with Crippen molar-refractivity contribution in [1.82, 2.24) is 21.3 Å². The van der Waals surface area contributed by atoms with Crippen molar-refractivity contribution in [3.63, 3.8) is 0 Å². The Morgan fingerprint density at radius 1 is 0.816 bits per heavy atom. The number of rotatable bonds is 15. The summed E-state index contributed by atoms with van der Waals surface area (Å²) in [7, 11) is 0. The van der Waals surface area contributed by atoms with Crippen LogP contribution < -0.4 is 27.0 Å². The molecule has 13 nitrogen and oxygen atoms in total. The zero-order valence-corrected chi connectivity index (χ0v) is 21.9. The number of carboxylic acid groups (broad SMARTS) is 1. The molecule has 210 valence electrons. The zero-order chi connectivity index (χ0) is 29.0. The van der Waals surface area contributed by atoms with Crippen LogP contribution in [0.3, 0.4) is 0 Å². The molecular weight excluding hydrogens is 498 g/mol. The third kappa shape index (κ3) is 11.4. The molecule has 0 saturated heterocycles. The molecule has 0 aliphatic rings. The lowest BCUT2D eigenvalue weighted by Crippen LogP contribution is -2.59. The lowest BCUT2D eigenvalue weighted by atomic mass is 10.0. The topological polar surface area (TPSA) is 217 Å². The van der Waals surface area contributed by atoms with Crippen LogP contribution >= 0.6 is 0 Å². The number of benzene rings is 1. The van der Waals surface area contributed by atoms with Crippen LogP contribution in [0.2, 0.25) is 0 Å². The number of aliphatic hydroxyl groups is 1. The number of aliphatic carboxylic acids is 1. The van der Waals surface area contributed by atoms with Crippen LogP contribution in [0.4, 0.5) is 0 Å². The predicted molar refractivity (Wildman–Crippen MR) is 136 cm³/mol. The maximum absolute atomic E-state index is 13.1. The zero-order valence-electron chi connectivity index (χ0n) is 21.9. The molecule has 0 aliphatic heterocycles. The number of primary amides is 1. The fraction of sp³-hybridized carbons (Fsp3) is 0.520. The number of hydrogen-bond acceptors (Lipinski definition) is 7. The van der Waals surface area contributed by atoms with Gasteiger partial charge in [0.15, 0.2) is 0 Å². The SMILES string of the molecule is CC(=O)N[C@H](C(=O)N[C@@H](CC(C)C)C(=O)N[C@@H](CC(N)=O)C(=O)N[C@@H](Cc1ccccc1)C(=O)O)[C@@H](C)O. The summed E-state index contributed by atoms with van der Waals surface area (Å²) in [4.78, 5) is 73.6. The summed E-state index contributed by atoms with van der Waals surface area (Å²) >= 11 is 0. The van der Waals surface area contributed by atoms with Crippen LogP contribution in [-0.4, -0.2) is 76.0 Å². The highest BCUT2D eigenvalue weighted by molar-refractivity contribution is 5.96. The Morgan fingerprint density at radius 3 is 1.82 bits per heavy atom. The molecule has 0 spiro atoms. The van der Waals surface area contributed by atoms with Gasteiger partial charge in [0.05, 0.1) is 12.5 Å². The van der Waals surface area contributed by atoms with Crippen molar-refractivity contribution in [2.45, 2.75) is 77.2 Å². The van der Waals surface area contributed by atoms with Gasteiger partial charge in [-0.2, -0.15) is 0 Å². The number of amides is 5. The average Bonchev–Trinajstić information content (AvgIpc) is 2.80. The fourth-order valence-electron chi connectivity index (χ4n) is 3.59. The molecule has 1 rings (SSSR count). The summed E-state index contributed by atoms with van der Waals surface area (Å²) in [6.07, 6.45) is -1.83. The molecule has 38 heavy (non-hydrogen) atoms. The molecule has 8 N–H and O–H groups in total. The van der Waals surface area contributed by atoms with E-state index >= 15 is 0 Å². The number of hydrogen-bond donors (Lipinski definition) is 7. The molecule has 0 saturated carbocycles. The molecule has 0 bridgehead atoms. The van der Waals surface area contributed by atoms with Crippen molar-refractivity contribution in [2.24, 2.45) is 11.7 Å². The van der Waals surface area contributed by atoms with E-state index in [4.69, 9.17) is 5.73 Å². The van der Waals surface area contributed by atoms with Gasteiger partial charge in [-0.3, -0.25) is 24.0 Å². The molecule has 0 radical (unpaired) electrons. The first-order valence-corrected chi connectivity index (χ1v) is 12.1.